The lowest BCUT2D eigenvalue weighted by atomic mass is 10.2. The summed E-state index contributed by atoms with van der Waals surface area (Å²) in [5.74, 6) is -3.26. The molecule has 0 amide bonds. The molecule has 0 saturated carbocycles. The third kappa shape index (κ3) is 23.3. The number of ether oxygens (including phenoxy) is 9. The van der Waals surface area contributed by atoms with Gasteiger partial charge >= 0.3 is 24.3 Å². The van der Waals surface area contributed by atoms with E-state index >= 15 is 0 Å². The van der Waals surface area contributed by atoms with Crippen molar-refractivity contribution in [2.45, 2.75) is 12.4 Å². The average molecular weight is 883 g/mol. The molecule has 0 fully saturated rings. The van der Waals surface area contributed by atoms with E-state index in [1.165, 1.54) is 0 Å². The van der Waals surface area contributed by atoms with Crippen molar-refractivity contribution < 1.29 is 88.8 Å². The second-order valence-electron chi connectivity index (χ2n) is 11.7. The van der Waals surface area contributed by atoms with Crippen molar-refractivity contribution >= 4 is 45.4 Å². The van der Waals surface area contributed by atoms with Gasteiger partial charge in [-0.3, -0.25) is 0 Å². The normalized spacial score (nSPS) is 11.4. The number of nitrogens with zero attached hydrogens (tertiary/aromatic N) is 2. The first-order chi connectivity index (χ1) is 29.1. The molecule has 4 aromatic rings. The van der Waals surface area contributed by atoms with Gasteiger partial charge < -0.3 is 64.3 Å². The smallest absolute Gasteiger partial charge is 0.490 e. The van der Waals surface area contributed by atoms with Crippen molar-refractivity contribution in [2.24, 2.45) is 0 Å². The van der Waals surface area contributed by atoms with Crippen molar-refractivity contribution in [3.8, 4) is 11.5 Å². The van der Waals surface area contributed by atoms with E-state index in [-0.39, 0.29) is 0 Å². The Morgan fingerprint density at radius 1 is 0.459 bits per heavy atom. The molecule has 0 aliphatic carbocycles. The molecule has 2 aromatic carbocycles. The van der Waals surface area contributed by atoms with Gasteiger partial charge in [0, 0.05) is 22.9 Å². The highest BCUT2D eigenvalue weighted by atomic mass is 19.4. The second-order valence-corrected chi connectivity index (χ2v) is 11.7. The fourth-order valence-electron chi connectivity index (χ4n) is 4.41. The molecule has 0 aliphatic rings. The zero-order valence-electron chi connectivity index (χ0n) is 32.8. The van der Waals surface area contributed by atoms with Crippen molar-refractivity contribution in [2.75, 3.05) is 117 Å². The predicted molar refractivity (Wildman–Crippen MR) is 206 cm³/mol. The van der Waals surface area contributed by atoms with Crippen molar-refractivity contribution in [1.82, 2.24) is 9.97 Å². The number of nitrogens with two attached hydrogens (primary N) is 2. The molecule has 0 radical (unpaired) electrons. The van der Waals surface area contributed by atoms with E-state index in [9.17, 15) is 26.3 Å². The first kappa shape index (κ1) is 51.8. The van der Waals surface area contributed by atoms with E-state index in [4.69, 9.17) is 73.9 Å². The summed E-state index contributed by atoms with van der Waals surface area (Å²) in [5.41, 5.74) is 13.3. The Labute approximate surface area is 345 Å². The number of carbonyl (C=O) groups is 2. The number of aromatic nitrogens is 2. The number of halogens is 6. The van der Waals surface area contributed by atoms with Gasteiger partial charge in [-0.1, -0.05) is 24.3 Å². The molecule has 2 aromatic heterocycles. The Bertz CT molecular complexity index is 1730. The molecule has 340 valence electrons. The van der Waals surface area contributed by atoms with Crippen LogP contribution in [0, 0.1) is 0 Å². The van der Waals surface area contributed by atoms with Crippen LogP contribution in [0.3, 0.4) is 0 Å². The van der Waals surface area contributed by atoms with Gasteiger partial charge in [0.2, 0.25) is 0 Å². The minimum atomic E-state index is -5.08. The third-order valence-electron chi connectivity index (χ3n) is 7.08. The average Bonchev–Trinajstić information content (AvgIpc) is 3.20. The van der Waals surface area contributed by atoms with Crippen LogP contribution in [0.4, 0.5) is 38.0 Å². The van der Waals surface area contributed by atoms with Gasteiger partial charge in [0.1, 0.15) is 36.3 Å². The fourth-order valence-corrected chi connectivity index (χ4v) is 4.41. The molecule has 0 atom stereocenters. The van der Waals surface area contributed by atoms with Crippen LogP contribution in [0.2, 0.25) is 0 Å². The fraction of sp³-hybridized carbons (Fsp3) is 0.474. The highest BCUT2D eigenvalue weighted by Gasteiger charge is 2.38. The van der Waals surface area contributed by atoms with Crippen molar-refractivity contribution in [3.05, 3.63) is 60.7 Å². The predicted octanol–water partition coefficient (Wildman–Crippen LogP) is 4.79. The minimum Gasteiger partial charge on any atom is -0.490 e. The molecule has 0 unspecified atom stereocenters. The maximum atomic E-state index is 10.6. The molecule has 6 N–H and O–H groups in total. The molecule has 4 rings (SSSR count). The van der Waals surface area contributed by atoms with E-state index in [0.717, 1.165) is 21.8 Å². The first-order valence-electron chi connectivity index (χ1n) is 18.3. The summed E-state index contributed by atoms with van der Waals surface area (Å²) in [6, 6.07) is 18.9. The number of alkyl halides is 6. The zero-order chi connectivity index (χ0) is 44.9. The maximum absolute atomic E-state index is 10.6. The van der Waals surface area contributed by atoms with Crippen LogP contribution < -0.4 is 20.9 Å². The number of hydrogen-bond donors (Lipinski definition) is 4. The quantitative estimate of drug-likeness (QED) is 0.0490. The van der Waals surface area contributed by atoms with Gasteiger partial charge in [-0.2, -0.15) is 26.3 Å². The number of pyridine rings is 2. The molecule has 0 spiro atoms. The van der Waals surface area contributed by atoms with E-state index in [0.29, 0.717) is 129 Å². The standard InChI is InChI=1S/C34H46N4O9.2C2HF3O2/c35-33-25-31(27-5-1-3-7-29(27)37-33)46-23-21-44-19-17-42-15-13-40-11-9-39-10-12-41-14-16-43-18-20-45-22-24-47-32-26-34(36)38-30-8-4-2-6-28(30)32;2*3-2(4,5)1(6)7/h1-8,25-26H,9-24H2,(H2,35,37)(H2,36,38);2*(H,6,7). The second kappa shape index (κ2) is 29.0. The lowest BCUT2D eigenvalue weighted by molar-refractivity contribution is -0.193. The largest absolute Gasteiger partial charge is 0.490 e. The van der Waals surface area contributed by atoms with E-state index in [1.54, 1.807) is 12.1 Å². The number of carboxylic acids is 2. The summed E-state index contributed by atoms with van der Waals surface area (Å²) in [7, 11) is 0. The summed E-state index contributed by atoms with van der Waals surface area (Å²) in [4.78, 5) is 26.4. The first-order valence-corrected chi connectivity index (χ1v) is 18.3. The number of fused-ring (bicyclic) bond motifs is 2. The maximum Gasteiger partial charge on any atom is 0.490 e. The molecule has 17 nitrogen and oxygen atoms in total. The van der Waals surface area contributed by atoms with Crippen LogP contribution in [0.15, 0.2) is 60.7 Å². The summed E-state index contributed by atoms with van der Waals surface area (Å²) < 4.78 is 114. The number of anilines is 2. The number of aliphatic carboxylic acids is 2. The SMILES string of the molecule is Nc1cc(OCCOCCOCCOCCOCCOCCOCCOCCOc2cc(N)nc3ccccc23)c2ccccc2n1.O=C(O)C(F)(F)F.O=C(O)C(F)(F)F. The van der Waals surface area contributed by atoms with Gasteiger partial charge in [-0.05, 0) is 24.3 Å². The highest BCUT2D eigenvalue weighted by molar-refractivity contribution is 5.87. The van der Waals surface area contributed by atoms with Gasteiger partial charge in [0.05, 0.1) is 104 Å². The Kier molecular flexibility index (Phi) is 24.7. The lowest BCUT2D eigenvalue weighted by Crippen LogP contribution is -2.21. The van der Waals surface area contributed by atoms with E-state index in [1.807, 2.05) is 48.5 Å². The Balaban J connectivity index is 0.000000784. The Hall–Kier alpha value is -5.30. The molecule has 2 heterocycles. The number of para-hydroxylation sites is 2. The Morgan fingerprint density at radius 3 is 0.934 bits per heavy atom. The number of rotatable bonds is 26. The molecular weight excluding hydrogens is 834 g/mol. The summed E-state index contributed by atoms with van der Waals surface area (Å²) in [6.07, 6.45) is -10.2. The van der Waals surface area contributed by atoms with Gasteiger partial charge in [0.25, 0.3) is 0 Å². The number of carboxylic acid groups (broad SMARTS) is 2. The summed E-state index contributed by atoms with van der Waals surface area (Å²) in [5, 5.41) is 16.1. The molecule has 61 heavy (non-hydrogen) atoms. The van der Waals surface area contributed by atoms with E-state index < -0.39 is 24.3 Å². The van der Waals surface area contributed by atoms with Gasteiger partial charge in [0.15, 0.2) is 0 Å². The minimum absolute atomic E-state index is 0.409. The van der Waals surface area contributed by atoms with Gasteiger partial charge in [-0.25, -0.2) is 19.6 Å². The molecular formula is C38H48F6N4O13. The van der Waals surface area contributed by atoms with Crippen LogP contribution in [0.5, 0.6) is 11.5 Å². The van der Waals surface area contributed by atoms with Crippen LogP contribution in [-0.4, -0.2) is 150 Å². The molecule has 0 saturated heterocycles. The monoisotopic (exact) mass is 882 g/mol. The van der Waals surface area contributed by atoms with E-state index in [2.05, 4.69) is 9.97 Å². The lowest BCUT2D eigenvalue weighted by Gasteiger charge is -2.11. The van der Waals surface area contributed by atoms with Crippen molar-refractivity contribution in [3.63, 3.8) is 0 Å². The Morgan fingerprint density at radius 2 is 0.689 bits per heavy atom. The van der Waals surface area contributed by atoms with Crippen LogP contribution in [0.1, 0.15) is 0 Å². The third-order valence-corrected chi connectivity index (χ3v) is 7.08. The van der Waals surface area contributed by atoms with Gasteiger partial charge in [-0.15, -0.1) is 0 Å². The van der Waals surface area contributed by atoms with Crippen LogP contribution >= 0.6 is 0 Å². The van der Waals surface area contributed by atoms with Crippen LogP contribution in [-0.2, 0) is 42.7 Å². The molecule has 0 aliphatic heterocycles. The zero-order valence-corrected chi connectivity index (χ0v) is 32.8. The topological polar surface area (TPSA) is 235 Å². The number of hydrogen-bond acceptors (Lipinski definition) is 15. The summed E-state index contributed by atoms with van der Waals surface area (Å²) in [6.45, 7) is 7.55. The van der Waals surface area contributed by atoms with Crippen LogP contribution in [0.25, 0.3) is 21.8 Å². The van der Waals surface area contributed by atoms with Crippen molar-refractivity contribution in [1.29, 1.82) is 0 Å². The molecule has 0 bridgehead atoms. The summed E-state index contributed by atoms with van der Waals surface area (Å²) >= 11 is 0. The number of benzene rings is 2. The number of nitrogen functional groups attached to an aromatic ring is 2. The molecule has 23 heteroatoms. The highest BCUT2D eigenvalue weighted by Crippen LogP contribution is 2.27.